The highest BCUT2D eigenvalue weighted by Crippen LogP contribution is 2.21. The summed E-state index contributed by atoms with van der Waals surface area (Å²) in [5, 5.41) is 2.84. The van der Waals surface area contributed by atoms with Crippen LogP contribution in [0.1, 0.15) is 34.6 Å². The average Bonchev–Trinajstić information content (AvgIpc) is 2.59. The van der Waals surface area contributed by atoms with Crippen molar-refractivity contribution in [2.45, 2.75) is 26.3 Å². The van der Waals surface area contributed by atoms with Gasteiger partial charge in [0.25, 0.3) is 12.3 Å². The first-order valence-corrected chi connectivity index (χ1v) is 7.60. The summed E-state index contributed by atoms with van der Waals surface area (Å²) in [5.74, 6) is -0.430. The van der Waals surface area contributed by atoms with Gasteiger partial charge in [0.1, 0.15) is 5.56 Å². The third-order valence-electron chi connectivity index (χ3n) is 3.40. The molecule has 25 heavy (non-hydrogen) atoms. The predicted molar refractivity (Wildman–Crippen MR) is 87.1 cm³/mol. The van der Waals surface area contributed by atoms with E-state index in [2.05, 4.69) is 15.3 Å². The van der Waals surface area contributed by atoms with E-state index in [-0.39, 0.29) is 23.4 Å². The predicted octanol–water partition coefficient (Wildman–Crippen LogP) is 2.93. The Morgan fingerprint density at radius 3 is 2.72 bits per heavy atom. The molecule has 0 aromatic carbocycles. The van der Waals surface area contributed by atoms with Crippen LogP contribution in [0.5, 0.6) is 11.8 Å². The molecular formula is C17H19F2N3O3. The van der Waals surface area contributed by atoms with Gasteiger partial charge in [-0.3, -0.25) is 9.78 Å². The number of amides is 1. The Balaban J connectivity index is 2.12. The highest BCUT2D eigenvalue weighted by atomic mass is 19.3. The molecule has 0 saturated heterocycles. The highest BCUT2D eigenvalue weighted by Gasteiger charge is 2.18. The molecule has 1 N–H and O–H groups in total. The van der Waals surface area contributed by atoms with Crippen molar-refractivity contribution in [1.82, 2.24) is 15.3 Å². The van der Waals surface area contributed by atoms with Crippen molar-refractivity contribution in [3.8, 4) is 11.8 Å². The molecule has 1 unspecified atom stereocenters. The molecule has 8 heteroatoms. The summed E-state index contributed by atoms with van der Waals surface area (Å²) in [6.45, 7) is 2.93. The van der Waals surface area contributed by atoms with Gasteiger partial charge in [-0.25, -0.2) is 8.78 Å². The van der Waals surface area contributed by atoms with Gasteiger partial charge in [0.05, 0.1) is 13.2 Å². The van der Waals surface area contributed by atoms with E-state index < -0.39 is 18.9 Å². The molecule has 0 radical (unpaired) electrons. The Morgan fingerprint density at radius 1 is 1.32 bits per heavy atom. The summed E-state index contributed by atoms with van der Waals surface area (Å²) < 4.78 is 34.3. The molecule has 134 valence electrons. The normalized spacial score (nSPS) is 11.9. The number of ether oxygens (including phenoxy) is 2. The Labute approximate surface area is 144 Å². The van der Waals surface area contributed by atoms with Crippen LogP contribution >= 0.6 is 0 Å². The fourth-order valence-corrected chi connectivity index (χ4v) is 2.18. The molecule has 0 spiro atoms. The van der Waals surface area contributed by atoms with E-state index in [1.807, 2.05) is 26.0 Å². The van der Waals surface area contributed by atoms with Crippen molar-refractivity contribution in [3.63, 3.8) is 0 Å². The Hall–Kier alpha value is -2.77. The number of carbonyl (C=O) groups is 1. The second-order valence-electron chi connectivity index (χ2n) is 5.33. The van der Waals surface area contributed by atoms with E-state index in [9.17, 15) is 13.6 Å². The zero-order chi connectivity index (χ0) is 18.4. The second-order valence-corrected chi connectivity index (χ2v) is 5.33. The van der Waals surface area contributed by atoms with E-state index in [1.165, 1.54) is 19.2 Å². The zero-order valence-electron chi connectivity index (χ0n) is 14.1. The minimum atomic E-state index is -2.61. The Bertz CT molecular complexity index is 741. The van der Waals surface area contributed by atoms with Crippen LogP contribution in [0.15, 0.2) is 30.5 Å². The third-order valence-corrected chi connectivity index (χ3v) is 3.40. The average molecular weight is 351 g/mol. The maximum absolute atomic E-state index is 12.5. The molecule has 2 aromatic heterocycles. The fraction of sp³-hybridized carbons (Fsp3) is 0.353. The van der Waals surface area contributed by atoms with Gasteiger partial charge < -0.3 is 14.8 Å². The Morgan fingerprint density at radius 2 is 2.08 bits per heavy atom. The monoisotopic (exact) mass is 351 g/mol. The molecule has 2 rings (SSSR count). The van der Waals surface area contributed by atoms with Crippen LogP contribution in [0.25, 0.3) is 0 Å². The molecule has 1 atom stereocenters. The molecule has 0 saturated carbocycles. The maximum atomic E-state index is 12.5. The van der Waals surface area contributed by atoms with E-state index in [1.54, 1.807) is 6.20 Å². The summed E-state index contributed by atoms with van der Waals surface area (Å²) in [4.78, 5) is 20.5. The standard InChI is InChI=1S/C17H19F2N3O3/c1-10-8-12(6-7-20-10)11(2)21-16(23)13-4-5-15(22-17(13)24-3)25-9-14(18)19/h4-8,11,14H,9H2,1-3H3,(H,21,23). The van der Waals surface area contributed by atoms with Crippen molar-refractivity contribution in [2.75, 3.05) is 13.7 Å². The van der Waals surface area contributed by atoms with Gasteiger partial charge in [-0.1, -0.05) is 0 Å². The van der Waals surface area contributed by atoms with Gasteiger partial charge in [0.2, 0.25) is 11.8 Å². The van der Waals surface area contributed by atoms with Gasteiger partial charge in [0, 0.05) is 18.0 Å². The number of alkyl halides is 2. The molecule has 1 amide bonds. The van der Waals surface area contributed by atoms with E-state index in [4.69, 9.17) is 9.47 Å². The number of aromatic nitrogens is 2. The molecule has 0 aliphatic carbocycles. The van der Waals surface area contributed by atoms with Crippen LogP contribution in [0.4, 0.5) is 8.78 Å². The minimum absolute atomic E-state index is 0.00220. The first kappa shape index (κ1) is 18.6. The number of carbonyl (C=O) groups excluding carboxylic acids is 1. The molecule has 6 nitrogen and oxygen atoms in total. The number of methoxy groups -OCH3 is 1. The van der Waals surface area contributed by atoms with Crippen LogP contribution in [0, 0.1) is 6.92 Å². The molecule has 0 fully saturated rings. The summed E-state index contributed by atoms with van der Waals surface area (Å²) in [6.07, 6.45) is -0.939. The van der Waals surface area contributed by atoms with Gasteiger partial charge >= 0.3 is 0 Å². The molecule has 0 aliphatic heterocycles. The van der Waals surface area contributed by atoms with Crippen LogP contribution in [-0.2, 0) is 0 Å². The lowest BCUT2D eigenvalue weighted by Gasteiger charge is -2.16. The molecular weight excluding hydrogens is 332 g/mol. The number of nitrogens with zero attached hydrogens (tertiary/aromatic N) is 2. The quantitative estimate of drug-likeness (QED) is 0.830. The topological polar surface area (TPSA) is 73.3 Å². The van der Waals surface area contributed by atoms with Crippen LogP contribution in [0.3, 0.4) is 0 Å². The molecule has 2 aromatic rings. The third kappa shape index (κ3) is 5.10. The van der Waals surface area contributed by atoms with E-state index >= 15 is 0 Å². The van der Waals surface area contributed by atoms with E-state index in [0.29, 0.717) is 0 Å². The van der Waals surface area contributed by atoms with Crippen molar-refractivity contribution in [3.05, 3.63) is 47.3 Å². The van der Waals surface area contributed by atoms with Crippen LogP contribution in [0.2, 0.25) is 0 Å². The largest absolute Gasteiger partial charge is 0.480 e. The SMILES string of the molecule is COc1nc(OCC(F)F)ccc1C(=O)NC(C)c1ccnc(C)c1. The summed E-state index contributed by atoms with van der Waals surface area (Å²) >= 11 is 0. The van der Waals surface area contributed by atoms with Crippen LogP contribution in [-0.4, -0.2) is 36.0 Å². The molecule has 0 aliphatic rings. The summed E-state index contributed by atoms with van der Waals surface area (Å²) in [5.41, 5.74) is 1.94. The highest BCUT2D eigenvalue weighted by molar-refractivity contribution is 5.96. The van der Waals surface area contributed by atoms with Crippen molar-refractivity contribution in [2.24, 2.45) is 0 Å². The minimum Gasteiger partial charge on any atom is -0.480 e. The maximum Gasteiger partial charge on any atom is 0.272 e. The fourth-order valence-electron chi connectivity index (χ4n) is 2.18. The summed E-state index contributed by atoms with van der Waals surface area (Å²) in [7, 11) is 1.34. The number of rotatable bonds is 7. The van der Waals surface area contributed by atoms with Crippen LogP contribution < -0.4 is 14.8 Å². The van der Waals surface area contributed by atoms with E-state index in [0.717, 1.165) is 11.3 Å². The number of pyridine rings is 2. The number of hydrogen-bond donors (Lipinski definition) is 1. The molecule has 0 bridgehead atoms. The van der Waals surface area contributed by atoms with Crippen molar-refractivity contribution >= 4 is 5.91 Å². The molecule has 2 heterocycles. The van der Waals surface area contributed by atoms with Crippen molar-refractivity contribution < 1.29 is 23.0 Å². The van der Waals surface area contributed by atoms with Gasteiger partial charge in [0.15, 0.2) is 6.61 Å². The van der Waals surface area contributed by atoms with Gasteiger partial charge in [-0.2, -0.15) is 4.98 Å². The van der Waals surface area contributed by atoms with Crippen molar-refractivity contribution in [1.29, 1.82) is 0 Å². The lowest BCUT2D eigenvalue weighted by molar-refractivity contribution is 0.0790. The van der Waals surface area contributed by atoms with Gasteiger partial charge in [-0.05, 0) is 37.6 Å². The smallest absolute Gasteiger partial charge is 0.272 e. The number of halogens is 2. The summed E-state index contributed by atoms with van der Waals surface area (Å²) in [6, 6.07) is 6.21. The number of nitrogens with one attached hydrogen (secondary N) is 1. The second kappa shape index (κ2) is 8.36. The van der Waals surface area contributed by atoms with Gasteiger partial charge in [-0.15, -0.1) is 0 Å². The zero-order valence-corrected chi connectivity index (χ0v) is 14.1. The number of aryl methyl sites for hydroxylation is 1. The lowest BCUT2D eigenvalue weighted by atomic mass is 10.1. The Kier molecular flexibility index (Phi) is 6.21. The first-order chi connectivity index (χ1) is 11.9. The lowest BCUT2D eigenvalue weighted by Crippen LogP contribution is -2.27. The number of hydrogen-bond acceptors (Lipinski definition) is 5. The first-order valence-electron chi connectivity index (χ1n) is 7.60.